The van der Waals surface area contributed by atoms with Gasteiger partial charge in [0.15, 0.2) is 0 Å². The summed E-state index contributed by atoms with van der Waals surface area (Å²) < 4.78 is 8.66. The third-order valence-electron chi connectivity index (χ3n) is 0.543. The second kappa shape index (κ2) is 2.15. The van der Waals surface area contributed by atoms with E-state index in [1.807, 2.05) is 0 Å². The van der Waals surface area contributed by atoms with E-state index >= 15 is 0 Å². The molecule has 0 amide bonds. The zero-order chi connectivity index (χ0) is 5.98. The Morgan fingerprint density at radius 1 is 1.25 bits per heavy atom. The molecular formula is C3H2O4Se. The first-order valence-corrected chi connectivity index (χ1v) is 3.26. The van der Waals surface area contributed by atoms with Crippen LogP contribution in [0.3, 0.4) is 0 Å². The monoisotopic (exact) mass is 182 g/mol. The van der Waals surface area contributed by atoms with Gasteiger partial charge in [-0.3, -0.25) is 0 Å². The van der Waals surface area contributed by atoms with E-state index in [4.69, 9.17) is 0 Å². The van der Waals surface area contributed by atoms with Crippen molar-refractivity contribution in [1.82, 2.24) is 0 Å². The molecule has 5 heteroatoms. The van der Waals surface area contributed by atoms with E-state index in [2.05, 4.69) is 7.64 Å². The molecule has 0 bridgehead atoms. The summed E-state index contributed by atoms with van der Waals surface area (Å²) in [6, 6.07) is 0. The number of carbonyl (C=O) groups excluding carboxylic acids is 2. The molecule has 1 aliphatic heterocycles. The van der Waals surface area contributed by atoms with Crippen LogP contribution in [0.1, 0.15) is 6.42 Å². The molecule has 0 N–H and O–H groups in total. The standard InChI is InChI=1S/C3H2O4Se/c4-2-1-3(5)7-8-6-2/h1H2. The van der Waals surface area contributed by atoms with Gasteiger partial charge >= 0.3 is 51.2 Å². The number of carbonyl (C=O) groups is 2. The molecule has 0 unspecified atom stereocenters. The molecule has 0 spiro atoms. The number of hydrogen-bond donors (Lipinski definition) is 0. The molecule has 1 heterocycles. The Hall–Kier alpha value is -0.541. The second-order valence-corrected chi connectivity index (χ2v) is 2.14. The van der Waals surface area contributed by atoms with Crippen LogP contribution in [0.2, 0.25) is 0 Å². The average molecular weight is 181 g/mol. The van der Waals surface area contributed by atoms with Gasteiger partial charge in [0.05, 0.1) is 0 Å². The van der Waals surface area contributed by atoms with Crippen molar-refractivity contribution in [3.05, 3.63) is 0 Å². The Morgan fingerprint density at radius 2 is 1.75 bits per heavy atom. The Bertz CT molecular complexity index is 117. The minimum atomic E-state index is -0.702. The molecule has 8 heavy (non-hydrogen) atoms. The van der Waals surface area contributed by atoms with Crippen molar-refractivity contribution in [2.24, 2.45) is 0 Å². The third-order valence-corrected chi connectivity index (χ3v) is 1.61. The molecule has 0 radical (unpaired) electrons. The average Bonchev–Trinajstić information content (AvgIpc) is 1.64. The molecule has 0 saturated carbocycles. The van der Waals surface area contributed by atoms with Gasteiger partial charge in [-0.05, 0) is 0 Å². The number of hydrogen-bond acceptors (Lipinski definition) is 4. The summed E-state index contributed by atoms with van der Waals surface area (Å²) in [4.78, 5) is 20.3. The van der Waals surface area contributed by atoms with Crippen LogP contribution in [0.4, 0.5) is 0 Å². The summed E-state index contributed by atoms with van der Waals surface area (Å²) in [6.07, 6.45) is -0.234. The van der Waals surface area contributed by atoms with Crippen molar-refractivity contribution < 1.29 is 17.2 Å². The summed E-state index contributed by atoms with van der Waals surface area (Å²) in [5, 5.41) is 0. The second-order valence-electron chi connectivity index (χ2n) is 1.16. The van der Waals surface area contributed by atoms with Gasteiger partial charge < -0.3 is 0 Å². The fraction of sp³-hybridized carbons (Fsp3) is 0.333. The first kappa shape index (κ1) is 5.59. The first-order valence-electron chi connectivity index (χ1n) is 1.86. The fourth-order valence-electron chi connectivity index (χ4n) is 0.270. The van der Waals surface area contributed by atoms with E-state index in [0.717, 1.165) is 0 Å². The van der Waals surface area contributed by atoms with Crippen molar-refractivity contribution in [3.8, 4) is 0 Å². The molecule has 0 atom stereocenters. The van der Waals surface area contributed by atoms with Crippen molar-refractivity contribution in [3.63, 3.8) is 0 Å². The van der Waals surface area contributed by atoms with Gasteiger partial charge in [-0.2, -0.15) is 0 Å². The van der Waals surface area contributed by atoms with Crippen LogP contribution < -0.4 is 0 Å². The zero-order valence-electron chi connectivity index (χ0n) is 3.75. The van der Waals surface area contributed by atoms with E-state index in [1.165, 1.54) is 0 Å². The minimum absolute atomic E-state index is 0.234. The zero-order valence-corrected chi connectivity index (χ0v) is 5.46. The van der Waals surface area contributed by atoms with Crippen molar-refractivity contribution in [2.75, 3.05) is 0 Å². The van der Waals surface area contributed by atoms with Gasteiger partial charge in [-0.25, -0.2) is 0 Å². The van der Waals surface area contributed by atoms with Crippen LogP contribution in [-0.2, 0) is 17.2 Å². The molecular weight excluding hydrogens is 179 g/mol. The summed E-state index contributed by atoms with van der Waals surface area (Å²) in [6.45, 7) is 0. The van der Waals surface area contributed by atoms with E-state index in [-0.39, 0.29) is 6.42 Å². The molecule has 1 saturated heterocycles. The Balaban J connectivity index is 2.45. The number of rotatable bonds is 0. The van der Waals surface area contributed by atoms with Crippen LogP contribution in [0.15, 0.2) is 0 Å². The quantitative estimate of drug-likeness (QED) is 0.355. The molecule has 0 aromatic rings. The summed E-state index contributed by atoms with van der Waals surface area (Å²) in [5.41, 5.74) is 0. The third kappa shape index (κ3) is 1.21. The van der Waals surface area contributed by atoms with E-state index in [0.29, 0.717) is 0 Å². The van der Waals surface area contributed by atoms with Gasteiger partial charge in [0, 0.05) is 0 Å². The summed E-state index contributed by atoms with van der Waals surface area (Å²) >= 11 is -0.702. The van der Waals surface area contributed by atoms with Crippen LogP contribution in [0.5, 0.6) is 0 Å². The Labute approximate surface area is 51.9 Å². The van der Waals surface area contributed by atoms with Crippen molar-refractivity contribution in [2.45, 2.75) is 6.42 Å². The predicted octanol–water partition coefficient (Wildman–Crippen LogP) is -0.989. The van der Waals surface area contributed by atoms with Gasteiger partial charge in [0.25, 0.3) is 0 Å². The van der Waals surface area contributed by atoms with Gasteiger partial charge in [0.1, 0.15) is 0 Å². The molecule has 1 aliphatic rings. The maximum atomic E-state index is 10.2. The topological polar surface area (TPSA) is 52.6 Å². The van der Waals surface area contributed by atoms with Crippen LogP contribution >= 0.6 is 0 Å². The van der Waals surface area contributed by atoms with Gasteiger partial charge in [0.2, 0.25) is 0 Å². The van der Waals surface area contributed by atoms with Crippen molar-refractivity contribution in [1.29, 1.82) is 0 Å². The van der Waals surface area contributed by atoms with Gasteiger partial charge in [-0.15, -0.1) is 0 Å². The molecule has 1 rings (SSSR count). The van der Waals surface area contributed by atoms with Crippen molar-refractivity contribution >= 4 is 27.6 Å². The molecule has 44 valence electrons. The van der Waals surface area contributed by atoms with Crippen LogP contribution in [0.25, 0.3) is 0 Å². The normalized spacial score (nSPS) is 19.5. The van der Waals surface area contributed by atoms with Crippen LogP contribution in [0, 0.1) is 0 Å². The summed E-state index contributed by atoms with van der Waals surface area (Å²) in [7, 11) is 0. The van der Waals surface area contributed by atoms with Gasteiger partial charge in [-0.1, -0.05) is 0 Å². The Morgan fingerprint density at radius 3 is 2.00 bits per heavy atom. The van der Waals surface area contributed by atoms with E-state index in [1.54, 1.807) is 0 Å². The molecule has 4 nitrogen and oxygen atoms in total. The molecule has 0 aliphatic carbocycles. The predicted molar refractivity (Wildman–Crippen MR) is 22.6 cm³/mol. The molecule has 1 fully saturated rings. The fourth-order valence-corrected chi connectivity index (χ4v) is 0.907. The molecule has 0 aromatic heterocycles. The van der Waals surface area contributed by atoms with E-state index < -0.39 is 27.6 Å². The van der Waals surface area contributed by atoms with E-state index in [9.17, 15) is 9.59 Å². The van der Waals surface area contributed by atoms with Crippen LogP contribution in [-0.4, -0.2) is 27.6 Å². The molecule has 0 aromatic carbocycles. The maximum absolute atomic E-state index is 10.2. The summed E-state index contributed by atoms with van der Waals surface area (Å²) in [5.74, 6) is -0.970. The first-order chi connectivity index (χ1) is 3.79. The SMILES string of the molecule is O=C1CC(=O)O[Se]O1. The Kier molecular flexibility index (Phi) is 1.50.